The van der Waals surface area contributed by atoms with E-state index in [0.717, 1.165) is 32.3 Å². The number of carbonyl (C=O) groups excluding carboxylic acids is 2. The predicted octanol–water partition coefficient (Wildman–Crippen LogP) is 1.71. The number of piperazine rings is 1. The minimum Gasteiger partial charge on any atom is -0.378 e. The van der Waals surface area contributed by atoms with Gasteiger partial charge in [-0.15, -0.1) is 0 Å². The minimum atomic E-state index is -0.374. The van der Waals surface area contributed by atoms with Crippen molar-refractivity contribution in [3.05, 3.63) is 0 Å². The molecule has 2 aliphatic rings. The molecular formula is C16H28N2O3. The number of carbonyl (C=O) groups is 2. The van der Waals surface area contributed by atoms with Gasteiger partial charge in [-0.05, 0) is 38.5 Å². The summed E-state index contributed by atoms with van der Waals surface area (Å²) in [4.78, 5) is 26.5. The van der Waals surface area contributed by atoms with E-state index in [-0.39, 0.29) is 35.9 Å². The van der Waals surface area contributed by atoms with Crippen molar-refractivity contribution < 1.29 is 14.3 Å². The molecule has 0 bridgehead atoms. The number of hydrogen-bond acceptors (Lipinski definition) is 3. The SMILES string of the molecule is CCC(C)C1NC(=O)C(C)N(CCC2CCCCO2)C1=O. The summed E-state index contributed by atoms with van der Waals surface area (Å²) in [6.45, 7) is 7.31. The second-order valence-corrected chi connectivity index (χ2v) is 6.36. The van der Waals surface area contributed by atoms with E-state index in [0.29, 0.717) is 6.54 Å². The Labute approximate surface area is 127 Å². The number of nitrogens with zero attached hydrogens (tertiary/aromatic N) is 1. The smallest absolute Gasteiger partial charge is 0.246 e. The van der Waals surface area contributed by atoms with Crippen LogP contribution in [0.1, 0.15) is 52.9 Å². The Hall–Kier alpha value is -1.10. The first kappa shape index (κ1) is 16.3. The first-order valence-electron chi connectivity index (χ1n) is 8.27. The van der Waals surface area contributed by atoms with Gasteiger partial charge in [0.05, 0.1) is 6.10 Å². The number of rotatable bonds is 5. The third-order valence-electron chi connectivity index (χ3n) is 4.87. The third-order valence-corrected chi connectivity index (χ3v) is 4.87. The maximum atomic E-state index is 12.6. The molecule has 0 aliphatic carbocycles. The topological polar surface area (TPSA) is 58.6 Å². The molecule has 0 radical (unpaired) electrons. The maximum Gasteiger partial charge on any atom is 0.246 e. The van der Waals surface area contributed by atoms with E-state index in [4.69, 9.17) is 4.74 Å². The quantitative estimate of drug-likeness (QED) is 0.840. The van der Waals surface area contributed by atoms with Crippen molar-refractivity contribution in [1.29, 1.82) is 0 Å². The Morgan fingerprint density at radius 3 is 2.76 bits per heavy atom. The van der Waals surface area contributed by atoms with Crippen LogP contribution in [0, 0.1) is 5.92 Å². The summed E-state index contributed by atoms with van der Waals surface area (Å²) in [5.74, 6) is 0.194. The summed E-state index contributed by atoms with van der Waals surface area (Å²) in [5, 5.41) is 2.87. The van der Waals surface area contributed by atoms with Crippen molar-refractivity contribution in [2.24, 2.45) is 5.92 Å². The number of ether oxygens (including phenoxy) is 1. The molecule has 0 aromatic heterocycles. The summed E-state index contributed by atoms with van der Waals surface area (Å²) in [6, 6.07) is -0.743. The molecule has 1 N–H and O–H groups in total. The minimum absolute atomic E-state index is 0.0375. The molecule has 0 aromatic carbocycles. The molecule has 2 saturated heterocycles. The molecule has 2 aliphatic heterocycles. The average Bonchev–Trinajstić information content (AvgIpc) is 2.51. The Morgan fingerprint density at radius 1 is 1.38 bits per heavy atom. The monoisotopic (exact) mass is 296 g/mol. The molecule has 2 amide bonds. The summed E-state index contributed by atoms with van der Waals surface area (Å²) in [5.41, 5.74) is 0. The van der Waals surface area contributed by atoms with Gasteiger partial charge in [0.15, 0.2) is 0 Å². The van der Waals surface area contributed by atoms with E-state index in [2.05, 4.69) is 5.32 Å². The molecule has 2 fully saturated rings. The van der Waals surface area contributed by atoms with Gasteiger partial charge in [-0.1, -0.05) is 20.3 Å². The molecule has 0 saturated carbocycles. The van der Waals surface area contributed by atoms with Gasteiger partial charge in [0, 0.05) is 13.2 Å². The third kappa shape index (κ3) is 3.76. The second-order valence-electron chi connectivity index (χ2n) is 6.36. The van der Waals surface area contributed by atoms with Crippen molar-refractivity contribution in [2.75, 3.05) is 13.2 Å². The zero-order chi connectivity index (χ0) is 15.4. The Balaban J connectivity index is 1.97. The van der Waals surface area contributed by atoms with Gasteiger partial charge in [-0.3, -0.25) is 9.59 Å². The number of hydrogen-bond donors (Lipinski definition) is 1. The van der Waals surface area contributed by atoms with Crippen molar-refractivity contribution in [3.8, 4) is 0 Å². The summed E-state index contributed by atoms with van der Waals surface area (Å²) in [6.07, 6.45) is 5.35. The lowest BCUT2D eigenvalue weighted by Gasteiger charge is -2.40. The van der Waals surface area contributed by atoms with Gasteiger partial charge in [-0.2, -0.15) is 0 Å². The fraction of sp³-hybridized carbons (Fsp3) is 0.875. The van der Waals surface area contributed by atoms with Crippen LogP contribution in [0.3, 0.4) is 0 Å². The van der Waals surface area contributed by atoms with Crippen molar-refractivity contribution in [1.82, 2.24) is 10.2 Å². The van der Waals surface area contributed by atoms with Gasteiger partial charge in [0.1, 0.15) is 12.1 Å². The van der Waals surface area contributed by atoms with Gasteiger partial charge in [0.25, 0.3) is 0 Å². The highest BCUT2D eigenvalue weighted by molar-refractivity contribution is 5.96. The Bertz CT molecular complexity index is 380. The fourth-order valence-corrected chi connectivity index (χ4v) is 3.09. The van der Waals surface area contributed by atoms with E-state index in [9.17, 15) is 9.59 Å². The molecule has 2 heterocycles. The molecule has 5 nitrogen and oxygen atoms in total. The lowest BCUT2D eigenvalue weighted by Crippen LogP contribution is -2.64. The highest BCUT2D eigenvalue weighted by Gasteiger charge is 2.40. The van der Waals surface area contributed by atoms with Gasteiger partial charge in [0.2, 0.25) is 11.8 Å². The van der Waals surface area contributed by atoms with Crippen LogP contribution in [0.5, 0.6) is 0 Å². The van der Waals surface area contributed by atoms with E-state index in [1.807, 2.05) is 20.8 Å². The van der Waals surface area contributed by atoms with Crippen molar-refractivity contribution >= 4 is 11.8 Å². The van der Waals surface area contributed by atoms with Crippen LogP contribution in [0.25, 0.3) is 0 Å². The Morgan fingerprint density at radius 2 is 2.14 bits per heavy atom. The summed E-state index contributed by atoms with van der Waals surface area (Å²) in [7, 11) is 0. The predicted molar refractivity (Wildman–Crippen MR) is 80.8 cm³/mol. The van der Waals surface area contributed by atoms with Gasteiger partial charge >= 0.3 is 0 Å². The standard InChI is InChI=1S/C16H28N2O3/c1-4-11(2)14-16(20)18(12(3)15(19)17-14)9-8-13-7-5-6-10-21-13/h11-14H,4-10H2,1-3H3,(H,17,19). The second kappa shape index (κ2) is 7.25. The molecule has 120 valence electrons. The zero-order valence-electron chi connectivity index (χ0n) is 13.4. The van der Waals surface area contributed by atoms with E-state index in [1.54, 1.807) is 4.90 Å². The van der Waals surface area contributed by atoms with E-state index >= 15 is 0 Å². The van der Waals surface area contributed by atoms with E-state index < -0.39 is 0 Å². The van der Waals surface area contributed by atoms with Crippen LogP contribution in [0.15, 0.2) is 0 Å². The first-order valence-corrected chi connectivity index (χ1v) is 8.27. The Kier molecular flexibility index (Phi) is 5.62. The summed E-state index contributed by atoms with van der Waals surface area (Å²) >= 11 is 0. The average molecular weight is 296 g/mol. The van der Waals surface area contributed by atoms with Gasteiger partial charge < -0.3 is 15.0 Å². The van der Waals surface area contributed by atoms with Crippen LogP contribution in [-0.4, -0.2) is 48.1 Å². The zero-order valence-corrected chi connectivity index (χ0v) is 13.4. The maximum absolute atomic E-state index is 12.6. The normalized spacial score (nSPS) is 32.0. The molecule has 0 spiro atoms. The molecule has 0 aromatic rings. The lowest BCUT2D eigenvalue weighted by atomic mass is 9.94. The highest BCUT2D eigenvalue weighted by atomic mass is 16.5. The first-order chi connectivity index (χ1) is 10.0. The van der Waals surface area contributed by atoms with Crippen molar-refractivity contribution in [3.63, 3.8) is 0 Å². The molecule has 5 heteroatoms. The largest absolute Gasteiger partial charge is 0.378 e. The van der Waals surface area contributed by atoms with Gasteiger partial charge in [-0.25, -0.2) is 0 Å². The lowest BCUT2D eigenvalue weighted by molar-refractivity contribution is -0.150. The van der Waals surface area contributed by atoms with Crippen LogP contribution in [0.2, 0.25) is 0 Å². The molecule has 4 atom stereocenters. The highest BCUT2D eigenvalue weighted by Crippen LogP contribution is 2.21. The molecule has 4 unspecified atom stereocenters. The molecule has 2 rings (SSSR count). The molecule has 21 heavy (non-hydrogen) atoms. The van der Waals surface area contributed by atoms with Crippen LogP contribution < -0.4 is 5.32 Å². The number of nitrogens with one attached hydrogen (secondary N) is 1. The molecular weight excluding hydrogens is 268 g/mol. The van der Waals surface area contributed by atoms with Crippen LogP contribution in [0.4, 0.5) is 0 Å². The van der Waals surface area contributed by atoms with E-state index in [1.165, 1.54) is 6.42 Å². The summed E-state index contributed by atoms with van der Waals surface area (Å²) < 4.78 is 5.72. The van der Waals surface area contributed by atoms with Crippen LogP contribution >= 0.6 is 0 Å². The van der Waals surface area contributed by atoms with Crippen LogP contribution in [-0.2, 0) is 14.3 Å². The van der Waals surface area contributed by atoms with Crippen molar-refractivity contribution in [2.45, 2.75) is 71.1 Å². The number of amides is 2. The fourth-order valence-electron chi connectivity index (χ4n) is 3.09.